The molecule has 0 radical (unpaired) electrons. The van der Waals surface area contributed by atoms with Crippen LogP contribution in [0.2, 0.25) is 0 Å². The number of rotatable bonds is 2. The number of hydrogen-bond donors (Lipinski definition) is 1. The normalized spacial score (nSPS) is 30.2. The Morgan fingerprint density at radius 2 is 1.71 bits per heavy atom. The summed E-state index contributed by atoms with van der Waals surface area (Å²) in [6, 6.07) is 0. The van der Waals surface area contributed by atoms with Crippen molar-refractivity contribution in [3.05, 3.63) is 0 Å². The first-order valence-corrected chi connectivity index (χ1v) is 7.81. The van der Waals surface area contributed by atoms with Crippen molar-refractivity contribution < 1.29 is 18.0 Å². The van der Waals surface area contributed by atoms with Gasteiger partial charge >= 0.3 is 6.18 Å². The summed E-state index contributed by atoms with van der Waals surface area (Å²) >= 11 is 0. The predicted octanol–water partition coefficient (Wildman–Crippen LogP) is 2.94. The minimum Gasteiger partial charge on any atom is -0.342 e. The minimum atomic E-state index is -4.11. The third-order valence-corrected chi connectivity index (χ3v) is 5.31. The quantitative estimate of drug-likeness (QED) is 0.852. The van der Waals surface area contributed by atoms with E-state index in [0.717, 1.165) is 12.8 Å². The fraction of sp³-hybridized carbons (Fsp3) is 0.933. The van der Waals surface area contributed by atoms with Gasteiger partial charge < -0.3 is 10.6 Å². The molecule has 21 heavy (non-hydrogen) atoms. The lowest BCUT2D eigenvalue weighted by Gasteiger charge is -2.40. The van der Waals surface area contributed by atoms with Gasteiger partial charge in [0.2, 0.25) is 5.91 Å². The molecule has 1 saturated heterocycles. The average molecular weight is 306 g/mol. The largest absolute Gasteiger partial charge is 0.391 e. The van der Waals surface area contributed by atoms with Crippen molar-refractivity contribution >= 4 is 5.91 Å². The first-order chi connectivity index (χ1) is 9.75. The Morgan fingerprint density at radius 1 is 1.19 bits per heavy atom. The maximum atomic E-state index is 12.6. The lowest BCUT2D eigenvalue weighted by molar-refractivity contribution is -0.185. The molecule has 122 valence electrons. The zero-order chi connectivity index (χ0) is 15.7. The van der Waals surface area contributed by atoms with Crippen LogP contribution in [0.5, 0.6) is 0 Å². The molecule has 1 aliphatic carbocycles. The van der Waals surface area contributed by atoms with Crippen LogP contribution < -0.4 is 5.73 Å². The summed E-state index contributed by atoms with van der Waals surface area (Å²) in [5.74, 6) is -1.39. The molecule has 1 aliphatic heterocycles. The third-order valence-electron chi connectivity index (χ3n) is 5.31. The monoisotopic (exact) mass is 306 g/mol. The molecule has 1 heterocycles. The van der Waals surface area contributed by atoms with Crippen molar-refractivity contribution in [2.24, 2.45) is 23.0 Å². The highest BCUT2D eigenvalue weighted by Gasteiger charge is 2.43. The molecule has 1 amide bonds. The molecule has 0 unspecified atom stereocenters. The number of amides is 1. The second-order valence-electron chi connectivity index (χ2n) is 6.93. The molecular formula is C15H25F3N2O. The molecule has 2 N–H and O–H groups in total. The van der Waals surface area contributed by atoms with Gasteiger partial charge in [-0.1, -0.05) is 6.92 Å². The van der Waals surface area contributed by atoms with Crippen molar-refractivity contribution in [3.63, 3.8) is 0 Å². The average Bonchev–Trinajstić information content (AvgIpc) is 2.47. The predicted molar refractivity (Wildman–Crippen MR) is 74.5 cm³/mol. The Balaban J connectivity index is 1.83. The van der Waals surface area contributed by atoms with Crippen LogP contribution in [0.25, 0.3) is 0 Å². The molecular weight excluding hydrogens is 281 g/mol. The standard InChI is InChI=1S/C15H25F3N2O/c1-14(10-19)6-8-20(9-7-14)13(21)11-2-4-12(5-3-11)15(16,17)18/h11-12H,2-10,19H2,1H3. The fourth-order valence-electron chi connectivity index (χ4n) is 3.40. The first kappa shape index (κ1) is 16.6. The SMILES string of the molecule is CC1(CN)CCN(C(=O)C2CCC(C(F)(F)F)CC2)CC1. The molecule has 0 aromatic rings. The second kappa shape index (κ2) is 6.15. The first-order valence-electron chi connectivity index (χ1n) is 7.81. The molecule has 0 spiro atoms. The van der Waals surface area contributed by atoms with Gasteiger partial charge in [0.05, 0.1) is 5.92 Å². The highest BCUT2D eigenvalue weighted by molar-refractivity contribution is 5.79. The van der Waals surface area contributed by atoms with E-state index in [-0.39, 0.29) is 30.1 Å². The van der Waals surface area contributed by atoms with Crippen LogP contribution in [0.15, 0.2) is 0 Å². The van der Waals surface area contributed by atoms with Crippen LogP contribution in [0.4, 0.5) is 13.2 Å². The highest BCUT2D eigenvalue weighted by Crippen LogP contribution is 2.40. The Kier molecular flexibility index (Phi) is 4.85. The van der Waals surface area contributed by atoms with E-state index in [1.165, 1.54) is 0 Å². The molecule has 2 rings (SSSR count). The van der Waals surface area contributed by atoms with Crippen molar-refractivity contribution in [1.29, 1.82) is 0 Å². The van der Waals surface area contributed by atoms with Crippen LogP contribution in [-0.2, 0) is 4.79 Å². The number of nitrogens with zero attached hydrogens (tertiary/aromatic N) is 1. The summed E-state index contributed by atoms with van der Waals surface area (Å²) < 4.78 is 37.9. The molecule has 0 bridgehead atoms. The third kappa shape index (κ3) is 3.90. The molecule has 6 heteroatoms. The van der Waals surface area contributed by atoms with Gasteiger partial charge in [0.25, 0.3) is 0 Å². The second-order valence-corrected chi connectivity index (χ2v) is 6.93. The van der Waals surface area contributed by atoms with E-state index in [9.17, 15) is 18.0 Å². The Hall–Kier alpha value is -0.780. The smallest absolute Gasteiger partial charge is 0.342 e. The van der Waals surface area contributed by atoms with Crippen LogP contribution in [0.1, 0.15) is 45.4 Å². The molecule has 2 fully saturated rings. The van der Waals surface area contributed by atoms with Gasteiger partial charge in [-0.3, -0.25) is 4.79 Å². The van der Waals surface area contributed by atoms with Gasteiger partial charge in [-0.05, 0) is 50.5 Å². The molecule has 2 aliphatic rings. The van der Waals surface area contributed by atoms with Crippen molar-refractivity contribution in [1.82, 2.24) is 4.90 Å². The number of nitrogens with two attached hydrogens (primary N) is 1. The number of alkyl halides is 3. The number of carbonyl (C=O) groups excluding carboxylic acids is 1. The number of piperidine rings is 1. The van der Waals surface area contributed by atoms with Crippen LogP contribution >= 0.6 is 0 Å². The van der Waals surface area contributed by atoms with Crippen molar-refractivity contribution in [2.45, 2.75) is 51.6 Å². The van der Waals surface area contributed by atoms with E-state index < -0.39 is 12.1 Å². The van der Waals surface area contributed by atoms with Gasteiger partial charge in [0, 0.05) is 19.0 Å². The topological polar surface area (TPSA) is 46.3 Å². The summed E-state index contributed by atoms with van der Waals surface area (Å²) in [5, 5.41) is 0. The summed E-state index contributed by atoms with van der Waals surface area (Å²) in [5.41, 5.74) is 5.85. The number of likely N-dealkylation sites (tertiary alicyclic amines) is 1. The zero-order valence-corrected chi connectivity index (χ0v) is 12.6. The van der Waals surface area contributed by atoms with Crippen LogP contribution in [0.3, 0.4) is 0 Å². The van der Waals surface area contributed by atoms with E-state index in [2.05, 4.69) is 6.92 Å². The lowest BCUT2D eigenvalue weighted by atomic mass is 9.78. The minimum absolute atomic E-state index is 0.0506. The van der Waals surface area contributed by atoms with E-state index in [4.69, 9.17) is 5.73 Å². The van der Waals surface area contributed by atoms with Crippen LogP contribution in [0, 0.1) is 17.3 Å². The Bertz CT molecular complexity index is 368. The molecule has 0 aromatic heterocycles. The maximum absolute atomic E-state index is 12.6. The van der Waals surface area contributed by atoms with E-state index in [1.807, 2.05) is 4.90 Å². The van der Waals surface area contributed by atoms with Gasteiger partial charge in [-0.25, -0.2) is 0 Å². The van der Waals surface area contributed by atoms with Crippen molar-refractivity contribution in [3.8, 4) is 0 Å². The highest BCUT2D eigenvalue weighted by atomic mass is 19.4. The molecule has 3 nitrogen and oxygen atoms in total. The summed E-state index contributed by atoms with van der Waals surface area (Å²) in [6.07, 6.45) is -1.42. The van der Waals surface area contributed by atoms with Crippen molar-refractivity contribution in [2.75, 3.05) is 19.6 Å². The van der Waals surface area contributed by atoms with Gasteiger partial charge in [0.1, 0.15) is 0 Å². The van der Waals surface area contributed by atoms with Gasteiger partial charge in [0.15, 0.2) is 0 Å². The summed E-state index contributed by atoms with van der Waals surface area (Å²) in [6.45, 7) is 4.12. The maximum Gasteiger partial charge on any atom is 0.391 e. The van der Waals surface area contributed by atoms with E-state index in [0.29, 0.717) is 32.5 Å². The van der Waals surface area contributed by atoms with Gasteiger partial charge in [-0.15, -0.1) is 0 Å². The number of hydrogen-bond acceptors (Lipinski definition) is 2. The zero-order valence-electron chi connectivity index (χ0n) is 12.6. The molecule has 0 atom stereocenters. The van der Waals surface area contributed by atoms with E-state index in [1.54, 1.807) is 0 Å². The van der Waals surface area contributed by atoms with Crippen LogP contribution in [-0.4, -0.2) is 36.6 Å². The number of carbonyl (C=O) groups is 1. The van der Waals surface area contributed by atoms with Gasteiger partial charge in [-0.2, -0.15) is 13.2 Å². The molecule has 1 saturated carbocycles. The number of halogens is 3. The summed E-state index contributed by atoms with van der Waals surface area (Å²) in [4.78, 5) is 14.3. The van der Waals surface area contributed by atoms with E-state index >= 15 is 0 Å². The molecule has 0 aromatic carbocycles. The lowest BCUT2D eigenvalue weighted by Crippen LogP contribution is -2.47. The summed E-state index contributed by atoms with van der Waals surface area (Å²) in [7, 11) is 0. The Morgan fingerprint density at radius 3 is 2.14 bits per heavy atom. The Labute approximate surface area is 124 Å². The fourth-order valence-corrected chi connectivity index (χ4v) is 3.40.